The van der Waals surface area contributed by atoms with Crippen molar-refractivity contribution in [2.75, 3.05) is 40.3 Å². The maximum atomic E-state index is 12.1. The second kappa shape index (κ2) is 11.0. The van der Waals surface area contributed by atoms with Gasteiger partial charge in [0.2, 0.25) is 5.91 Å². The molecular formula is C23H35N5O3. The average Bonchev–Trinajstić information content (AvgIpc) is 2.77. The number of amides is 2. The lowest BCUT2D eigenvalue weighted by Crippen LogP contribution is -2.52. The number of hydrogen-bond donors (Lipinski definition) is 2. The molecule has 0 spiro atoms. The summed E-state index contributed by atoms with van der Waals surface area (Å²) in [6, 6.07) is 9.04. The number of aryl methyl sites for hydroxylation is 1. The SMILES string of the molecule is CCOC(=O)N1CCC(NC(=NCC(=O)N(C)C)NC2CCc3ccccc3C2)CC1. The Labute approximate surface area is 185 Å². The van der Waals surface area contributed by atoms with Crippen LogP contribution in [0.3, 0.4) is 0 Å². The molecule has 2 amide bonds. The molecule has 2 aliphatic rings. The van der Waals surface area contributed by atoms with E-state index in [9.17, 15) is 9.59 Å². The second-order valence-electron chi connectivity index (χ2n) is 8.41. The van der Waals surface area contributed by atoms with Gasteiger partial charge in [-0.15, -0.1) is 0 Å². The number of carbonyl (C=O) groups is 2. The van der Waals surface area contributed by atoms with Crippen molar-refractivity contribution in [1.82, 2.24) is 20.4 Å². The third-order valence-electron chi connectivity index (χ3n) is 5.92. The fourth-order valence-corrected chi connectivity index (χ4v) is 4.05. The molecule has 0 aromatic heterocycles. The van der Waals surface area contributed by atoms with Crippen molar-refractivity contribution in [3.05, 3.63) is 35.4 Å². The molecular weight excluding hydrogens is 394 g/mol. The van der Waals surface area contributed by atoms with E-state index in [1.54, 1.807) is 23.9 Å². The topological polar surface area (TPSA) is 86.3 Å². The number of carbonyl (C=O) groups excluding carboxylic acids is 2. The molecule has 170 valence electrons. The number of benzene rings is 1. The van der Waals surface area contributed by atoms with Gasteiger partial charge in [0.1, 0.15) is 6.54 Å². The maximum absolute atomic E-state index is 12.1. The molecule has 2 N–H and O–H groups in total. The molecule has 31 heavy (non-hydrogen) atoms. The molecule has 1 unspecified atom stereocenters. The summed E-state index contributed by atoms with van der Waals surface area (Å²) in [4.78, 5) is 31.9. The summed E-state index contributed by atoms with van der Waals surface area (Å²) in [5, 5.41) is 7.06. The zero-order valence-corrected chi connectivity index (χ0v) is 18.9. The van der Waals surface area contributed by atoms with E-state index in [0.717, 1.165) is 32.1 Å². The Hall–Kier alpha value is -2.77. The Bertz CT molecular complexity index is 787. The molecule has 8 heteroatoms. The van der Waals surface area contributed by atoms with Gasteiger partial charge in [0.25, 0.3) is 0 Å². The minimum Gasteiger partial charge on any atom is -0.450 e. The molecule has 1 aromatic rings. The van der Waals surface area contributed by atoms with Crippen LogP contribution in [0.5, 0.6) is 0 Å². The summed E-state index contributed by atoms with van der Waals surface area (Å²) in [5.74, 6) is 0.640. The molecule has 8 nitrogen and oxygen atoms in total. The fraction of sp³-hybridized carbons (Fsp3) is 0.609. The standard InChI is InChI=1S/C23H35N5O3/c1-4-31-23(30)28-13-11-19(12-14-28)25-22(24-16-21(29)27(2)3)26-20-10-9-17-7-5-6-8-18(17)15-20/h5-8,19-20H,4,9-16H2,1-3H3,(H2,24,25,26). The van der Waals surface area contributed by atoms with Crippen LogP contribution in [-0.2, 0) is 22.4 Å². The van der Waals surface area contributed by atoms with Crippen molar-refractivity contribution in [2.45, 2.75) is 51.1 Å². The summed E-state index contributed by atoms with van der Waals surface area (Å²) in [7, 11) is 3.48. The number of hydrogen-bond acceptors (Lipinski definition) is 4. The lowest BCUT2D eigenvalue weighted by atomic mass is 9.88. The van der Waals surface area contributed by atoms with Crippen LogP contribution in [0.15, 0.2) is 29.3 Å². The van der Waals surface area contributed by atoms with Crippen molar-refractivity contribution in [3.63, 3.8) is 0 Å². The molecule has 1 heterocycles. The van der Waals surface area contributed by atoms with Crippen LogP contribution in [0.1, 0.15) is 37.3 Å². The maximum Gasteiger partial charge on any atom is 0.409 e. The number of piperidine rings is 1. The predicted molar refractivity (Wildman–Crippen MR) is 121 cm³/mol. The lowest BCUT2D eigenvalue weighted by Gasteiger charge is -2.33. The summed E-state index contributed by atoms with van der Waals surface area (Å²) >= 11 is 0. The van der Waals surface area contributed by atoms with Gasteiger partial charge >= 0.3 is 6.09 Å². The number of likely N-dealkylation sites (tertiary alicyclic amines) is 1. The zero-order chi connectivity index (χ0) is 22.2. The smallest absolute Gasteiger partial charge is 0.409 e. The number of nitrogens with zero attached hydrogens (tertiary/aromatic N) is 3. The van der Waals surface area contributed by atoms with Crippen molar-refractivity contribution in [2.24, 2.45) is 4.99 Å². The van der Waals surface area contributed by atoms with Gasteiger partial charge in [0, 0.05) is 39.3 Å². The van der Waals surface area contributed by atoms with Crippen LogP contribution in [-0.4, -0.2) is 80.2 Å². The highest BCUT2D eigenvalue weighted by Crippen LogP contribution is 2.21. The van der Waals surface area contributed by atoms with E-state index in [4.69, 9.17) is 4.74 Å². The fourth-order valence-electron chi connectivity index (χ4n) is 4.05. The van der Waals surface area contributed by atoms with Gasteiger partial charge in [0.15, 0.2) is 5.96 Å². The largest absolute Gasteiger partial charge is 0.450 e. The van der Waals surface area contributed by atoms with E-state index in [2.05, 4.69) is 39.9 Å². The molecule has 1 aliphatic heterocycles. The first-order valence-electron chi connectivity index (χ1n) is 11.2. The third kappa shape index (κ3) is 6.60. The third-order valence-corrected chi connectivity index (χ3v) is 5.92. The Morgan fingerprint density at radius 2 is 1.77 bits per heavy atom. The number of aliphatic imine (C=N–C) groups is 1. The van der Waals surface area contributed by atoms with Crippen LogP contribution in [0.25, 0.3) is 0 Å². The highest BCUT2D eigenvalue weighted by atomic mass is 16.6. The first-order chi connectivity index (χ1) is 15.0. The van der Waals surface area contributed by atoms with Crippen LogP contribution in [0.2, 0.25) is 0 Å². The number of ether oxygens (including phenoxy) is 1. The molecule has 1 fully saturated rings. The highest BCUT2D eigenvalue weighted by molar-refractivity contribution is 5.85. The zero-order valence-electron chi connectivity index (χ0n) is 18.9. The van der Waals surface area contributed by atoms with Gasteiger partial charge in [0.05, 0.1) is 6.61 Å². The van der Waals surface area contributed by atoms with Gasteiger partial charge in [-0.1, -0.05) is 24.3 Å². The van der Waals surface area contributed by atoms with Crippen LogP contribution in [0, 0.1) is 0 Å². The van der Waals surface area contributed by atoms with Crippen molar-refractivity contribution >= 4 is 18.0 Å². The molecule has 1 aliphatic carbocycles. The first kappa shape index (κ1) is 22.9. The van der Waals surface area contributed by atoms with E-state index < -0.39 is 0 Å². The van der Waals surface area contributed by atoms with Gasteiger partial charge in [-0.3, -0.25) is 4.79 Å². The van der Waals surface area contributed by atoms with Gasteiger partial charge in [-0.2, -0.15) is 0 Å². The van der Waals surface area contributed by atoms with Gasteiger partial charge in [-0.05, 0) is 50.2 Å². The quantitative estimate of drug-likeness (QED) is 0.551. The monoisotopic (exact) mass is 429 g/mol. The Morgan fingerprint density at radius 1 is 1.10 bits per heavy atom. The number of rotatable bonds is 5. The van der Waals surface area contributed by atoms with Crippen molar-refractivity contribution in [3.8, 4) is 0 Å². The predicted octanol–water partition coefficient (Wildman–Crippen LogP) is 1.79. The number of nitrogens with one attached hydrogen (secondary N) is 2. The second-order valence-corrected chi connectivity index (χ2v) is 8.41. The molecule has 1 aromatic carbocycles. The summed E-state index contributed by atoms with van der Waals surface area (Å²) < 4.78 is 5.10. The Kier molecular flexibility index (Phi) is 8.14. The minimum absolute atomic E-state index is 0.0350. The summed E-state index contributed by atoms with van der Waals surface area (Å²) in [5.41, 5.74) is 2.79. The van der Waals surface area contributed by atoms with Crippen LogP contribution < -0.4 is 10.6 Å². The van der Waals surface area contributed by atoms with Crippen LogP contribution in [0.4, 0.5) is 4.79 Å². The average molecular weight is 430 g/mol. The highest BCUT2D eigenvalue weighted by Gasteiger charge is 2.25. The lowest BCUT2D eigenvalue weighted by molar-refractivity contribution is -0.127. The molecule has 0 saturated carbocycles. The Morgan fingerprint density at radius 3 is 2.45 bits per heavy atom. The number of fused-ring (bicyclic) bond motifs is 1. The minimum atomic E-state index is -0.245. The molecule has 0 radical (unpaired) electrons. The van der Waals surface area contributed by atoms with Gasteiger partial charge < -0.3 is 25.2 Å². The molecule has 1 atom stereocenters. The molecule has 3 rings (SSSR count). The molecule has 0 bridgehead atoms. The van der Waals surface area contributed by atoms with E-state index in [-0.39, 0.29) is 30.6 Å². The summed E-state index contributed by atoms with van der Waals surface area (Å²) in [6.45, 7) is 3.61. The van der Waals surface area contributed by atoms with Crippen LogP contribution >= 0.6 is 0 Å². The van der Waals surface area contributed by atoms with Crippen molar-refractivity contribution in [1.29, 1.82) is 0 Å². The van der Waals surface area contributed by atoms with E-state index >= 15 is 0 Å². The van der Waals surface area contributed by atoms with Gasteiger partial charge in [-0.25, -0.2) is 9.79 Å². The van der Waals surface area contributed by atoms with E-state index in [1.165, 1.54) is 11.1 Å². The first-order valence-corrected chi connectivity index (χ1v) is 11.2. The number of likely N-dealkylation sites (N-methyl/N-ethyl adjacent to an activating group) is 1. The molecule has 1 saturated heterocycles. The van der Waals surface area contributed by atoms with E-state index in [0.29, 0.717) is 25.7 Å². The Balaban J connectivity index is 1.60. The number of guanidine groups is 1. The van der Waals surface area contributed by atoms with E-state index in [1.807, 2.05) is 6.92 Å². The normalized spacial score (nSPS) is 19.4. The van der Waals surface area contributed by atoms with Crippen molar-refractivity contribution < 1.29 is 14.3 Å². The summed E-state index contributed by atoms with van der Waals surface area (Å²) in [6.07, 6.45) is 4.39.